The van der Waals surface area contributed by atoms with Gasteiger partial charge < -0.3 is 10.1 Å². The lowest BCUT2D eigenvalue weighted by atomic mass is 10.0. The summed E-state index contributed by atoms with van der Waals surface area (Å²) < 4.78 is 29.4. The number of benzene rings is 1. The van der Waals surface area contributed by atoms with E-state index in [2.05, 4.69) is 11.4 Å². The van der Waals surface area contributed by atoms with E-state index in [4.69, 9.17) is 4.74 Å². The molecule has 0 aliphatic heterocycles. The Morgan fingerprint density at radius 1 is 1.29 bits per heavy atom. The topological polar surface area (TPSA) is 55.4 Å². The van der Waals surface area contributed by atoms with Gasteiger partial charge in [0, 0.05) is 19.8 Å². The van der Waals surface area contributed by atoms with Crippen LogP contribution >= 0.6 is 0 Å². The molecule has 0 spiro atoms. The van der Waals surface area contributed by atoms with Gasteiger partial charge in [0.1, 0.15) is 0 Å². The van der Waals surface area contributed by atoms with Crippen LogP contribution in [0.15, 0.2) is 18.2 Å². The average molecular weight is 313 g/mol. The number of ether oxygens (including phenoxy) is 1. The van der Waals surface area contributed by atoms with E-state index in [-0.39, 0.29) is 17.5 Å². The fourth-order valence-corrected chi connectivity index (χ4v) is 4.01. The van der Waals surface area contributed by atoms with Crippen molar-refractivity contribution in [1.82, 2.24) is 5.32 Å². The fraction of sp³-hybridized carbons (Fsp3) is 0.625. The van der Waals surface area contributed by atoms with Crippen LogP contribution in [-0.2, 0) is 14.6 Å². The van der Waals surface area contributed by atoms with Crippen molar-refractivity contribution in [2.75, 3.05) is 31.8 Å². The third-order valence-electron chi connectivity index (χ3n) is 3.48. The molecular formula is C16H27NO3S. The van der Waals surface area contributed by atoms with Crippen LogP contribution in [0.4, 0.5) is 0 Å². The summed E-state index contributed by atoms with van der Waals surface area (Å²) in [6.45, 7) is 7.29. The molecule has 120 valence electrons. The maximum atomic E-state index is 12.2. The first-order valence-corrected chi connectivity index (χ1v) is 9.21. The number of hydrogen-bond acceptors (Lipinski definition) is 4. The summed E-state index contributed by atoms with van der Waals surface area (Å²) >= 11 is 0. The van der Waals surface area contributed by atoms with Crippen molar-refractivity contribution in [2.24, 2.45) is 0 Å². The highest BCUT2D eigenvalue weighted by Gasteiger charge is 2.21. The van der Waals surface area contributed by atoms with Crippen LogP contribution in [0.1, 0.15) is 36.1 Å². The molecule has 0 fully saturated rings. The van der Waals surface area contributed by atoms with E-state index in [1.54, 1.807) is 7.11 Å². The average Bonchev–Trinajstić information content (AvgIpc) is 2.38. The summed E-state index contributed by atoms with van der Waals surface area (Å²) in [6.07, 6.45) is 0.546. The molecule has 0 bridgehead atoms. The van der Waals surface area contributed by atoms with Crippen LogP contribution in [-0.4, -0.2) is 40.2 Å². The van der Waals surface area contributed by atoms with Crippen molar-refractivity contribution in [2.45, 2.75) is 33.2 Å². The Labute approximate surface area is 128 Å². The molecule has 1 atom stereocenters. The second-order valence-corrected chi connectivity index (χ2v) is 7.66. The predicted octanol–water partition coefficient (Wildman–Crippen LogP) is 2.41. The minimum Gasteiger partial charge on any atom is -0.385 e. The zero-order chi connectivity index (χ0) is 15.9. The smallest absolute Gasteiger partial charge is 0.152 e. The van der Waals surface area contributed by atoms with Gasteiger partial charge in [-0.25, -0.2) is 8.42 Å². The molecule has 0 saturated heterocycles. The number of methoxy groups -OCH3 is 1. The summed E-state index contributed by atoms with van der Waals surface area (Å²) in [7, 11) is -1.51. The standard InChI is InChI=1S/C16H27NO3S/c1-5-17-16(12-21(18,19)10-6-9-20-4)15-8-7-13(2)11-14(15)3/h7-8,11,16-17H,5-6,9-10,12H2,1-4H3. The normalized spacial score (nSPS) is 13.3. The van der Waals surface area contributed by atoms with Crippen molar-refractivity contribution in [3.8, 4) is 0 Å². The van der Waals surface area contributed by atoms with Crippen molar-refractivity contribution in [3.05, 3.63) is 34.9 Å². The molecule has 4 nitrogen and oxygen atoms in total. The van der Waals surface area contributed by atoms with Gasteiger partial charge in [0.2, 0.25) is 0 Å². The lowest BCUT2D eigenvalue weighted by molar-refractivity contribution is 0.199. The third-order valence-corrected chi connectivity index (χ3v) is 5.23. The minimum atomic E-state index is -3.09. The molecule has 0 saturated carbocycles. The van der Waals surface area contributed by atoms with Gasteiger partial charge in [-0.05, 0) is 37.9 Å². The Hall–Kier alpha value is -0.910. The van der Waals surface area contributed by atoms with Crippen molar-refractivity contribution < 1.29 is 13.2 Å². The monoisotopic (exact) mass is 313 g/mol. The second kappa shape index (κ2) is 8.51. The van der Waals surface area contributed by atoms with E-state index >= 15 is 0 Å². The predicted molar refractivity (Wildman–Crippen MR) is 87.5 cm³/mol. The first-order valence-electron chi connectivity index (χ1n) is 7.39. The maximum Gasteiger partial charge on any atom is 0.152 e. The van der Waals surface area contributed by atoms with Crippen LogP contribution in [0.2, 0.25) is 0 Å². The Kier molecular flexibility index (Phi) is 7.35. The molecule has 0 aliphatic carbocycles. The fourth-order valence-electron chi connectivity index (χ4n) is 2.48. The largest absolute Gasteiger partial charge is 0.385 e. The highest BCUT2D eigenvalue weighted by molar-refractivity contribution is 7.91. The molecule has 1 aromatic carbocycles. The Morgan fingerprint density at radius 2 is 2.00 bits per heavy atom. The van der Waals surface area contributed by atoms with Gasteiger partial charge >= 0.3 is 0 Å². The van der Waals surface area contributed by atoms with Crippen LogP contribution in [0.25, 0.3) is 0 Å². The SMILES string of the molecule is CCNC(CS(=O)(=O)CCCOC)c1ccc(C)cc1C. The van der Waals surface area contributed by atoms with Crippen molar-refractivity contribution >= 4 is 9.84 Å². The molecule has 0 aliphatic rings. The van der Waals surface area contributed by atoms with Crippen molar-refractivity contribution in [1.29, 1.82) is 0 Å². The maximum absolute atomic E-state index is 12.2. The molecule has 1 aromatic rings. The summed E-state index contributed by atoms with van der Waals surface area (Å²) in [5.74, 6) is 0.308. The van der Waals surface area contributed by atoms with Gasteiger partial charge in [-0.1, -0.05) is 30.7 Å². The zero-order valence-corrected chi connectivity index (χ0v) is 14.3. The van der Waals surface area contributed by atoms with Gasteiger partial charge in [-0.15, -0.1) is 0 Å². The van der Waals surface area contributed by atoms with E-state index in [9.17, 15) is 8.42 Å². The Balaban J connectivity index is 2.86. The first-order chi connectivity index (χ1) is 9.89. The molecule has 0 amide bonds. The summed E-state index contributed by atoms with van der Waals surface area (Å²) in [5, 5.41) is 3.30. The van der Waals surface area contributed by atoms with Gasteiger partial charge in [0.25, 0.3) is 0 Å². The quantitative estimate of drug-likeness (QED) is 0.711. The van der Waals surface area contributed by atoms with Gasteiger partial charge in [0.05, 0.1) is 11.5 Å². The number of nitrogens with one attached hydrogen (secondary N) is 1. The molecule has 0 radical (unpaired) electrons. The molecule has 1 rings (SSSR count). The molecule has 1 unspecified atom stereocenters. The van der Waals surface area contributed by atoms with E-state index in [1.807, 2.05) is 32.9 Å². The number of aryl methyl sites for hydroxylation is 2. The first kappa shape index (κ1) is 18.1. The summed E-state index contributed by atoms with van der Waals surface area (Å²) in [6, 6.07) is 6.01. The molecule has 21 heavy (non-hydrogen) atoms. The van der Waals surface area contributed by atoms with E-state index < -0.39 is 9.84 Å². The second-order valence-electron chi connectivity index (χ2n) is 5.43. The highest BCUT2D eigenvalue weighted by atomic mass is 32.2. The van der Waals surface area contributed by atoms with Gasteiger partial charge in [0.15, 0.2) is 9.84 Å². The summed E-state index contributed by atoms with van der Waals surface area (Å²) in [5.41, 5.74) is 3.39. The lowest BCUT2D eigenvalue weighted by Gasteiger charge is -2.21. The van der Waals surface area contributed by atoms with Gasteiger partial charge in [-0.3, -0.25) is 0 Å². The highest BCUT2D eigenvalue weighted by Crippen LogP contribution is 2.21. The van der Waals surface area contributed by atoms with Crippen molar-refractivity contribution in [3.63, 3.8) is 0 Å². The molecule has 5 heteroatoms. The molecular weight excluding hydrogens is 286 g/mol. The van der Waals surface area contributed by atoms with E-state index in [0.717, 1.165) is 17.7 Å². The van der Waals surface area contributed by atoms with Crippen LogP contribution in [0, 0.1) is 13.8 Å². The third kappa shape index (κ3) is 6.16. The van der Waals surface area contributed by atoms with Gasteiger partial charge in [-0.2, -0.15) is 0 Å². The molecule has 0 heterocycles. The van der Waals surface area contributed by atoms with E-state index in [0.29, 0.717) is 13.0 Å². The van der Waals surface area contributed by atoms with Crippen LogP contribution in [0.3, 0.4) is 0 Å². The zero-order valence-electron chi connectivity index (χ0n) is 13.5. The van der Waals surface area contributed by atoms with Crippen LogP contribution < -0.4 is 5.32 Å². The molecule has 1 N–H and O–H groups in total. The molecule has 0 aromatic heterocycles. The number of rotatable bonds is 9. The van der Waals surface area contributed by atoms with E-state index in [1.165, 1.54) is 5.56 Å². The summed E-state index contributed by atoms with van der Waals surface area (Å²) in [4.78, 5) is 0. The van der Waals surface area contributed by atoms with Crippen LogP contribution in [0.5, 0.6) is 0 Å². The Morgan fingerprint density at radius 3 is 2.57 bits per heavy atom. The number of sulfone groups is 1. The Bertz CT molecular complexity index is 540. The minimum absolute atomic E-state index is 0.133. The lowest BCUT2D eigenvalue weighted by Crippen LogP contribution is -2.30. The number of hydrogen-bond donors (Lipinski definition) is 1.